The van der Waals surface area contributed by atoms with E-state index in [1.807, 2.05) is 20.8 Å². The van der Waals surface area contributed by atoms with Crippen LogP contribution in [0.15, 0.2) is 0 Å². The largest absolute Gasteiger partial charge is 0.462 e. The van der Waals surface area contributed by atoms with Gasteiger partial charge in [-0.2, -0.15) is 0 Å². The Morgan fingerprint density at radius 1 is 1.29 bits per heavy atom. The first kappa shape index (κ1) is 16.8. The van der Waals surface area contributed by atoms with Crippen molar-refractivity contribution < 1.29 is 19.7 Å². The topological polar surface area (TPSA) is 66.8 Å². The maximum absolute atomic E-state index is 11.4. The van der Waals surface area contributed by atoms with E-state index >= 15 is 0 Å². The minimum Gasteiger partial charge on any atom is -0.462 e. The first-order chi connectivity index (χ1) is 9.46. The molecule has 5 unspecified atom stereocenters. The van der Waals surface area contributed by atoms with Crippen molar-refractivity contribution in [3.8, 4) is 0 Å². The van der Waals surface area contributed by atoms with Gasteiger partial charge in [0.2, 0.25) is 0 Å². The van der Waals surface area contributed by atoms with Gasteiger partial charge < -0.3 is 14.9 Å². The van der Waals surface area contributed by atoms with E-state index < -0.39 is 11.2 Å². The second-order valence-corrected chi connectivity index (χ2v) is 8.29. The summed E-state index contributed by atoms with van der Waals surface area (Å²) in [7, 11) is 0. The molecule has 0 bridgehead atoms. The van der Waals surface area contributed by atoms with Gasteiger partial charge in [0.25, 0.3) is 0 Å². The van der Waals surface area contributed by atoms with Gasteiger partial charge in [0.15, 0.2) is 0 Å². The molecule has 2 aliphatic rings. The van der Waals surface area contributed by atoms with Crippen molar-refractivity contribution in [2.45, 2.75) is 84.0 Å². The van der Waals surface area contributed by atoms with Gasteiger partial charge in [0.1, 0.15) is 6.10 Å². The summed E-state index contributed by atoms with van der Waals surface area (Å²) in [6.45, 7) is 9.15. The van der Waals surface area contributed by atoms with Crippen molar-refractivity contribution in [2.75, 3.05) is 0 Å². The molecule has 0 aromatic carbocycles. The van der Waals surface area contributed by atoms with E-state index in [4.69, 9.17) is 4.74 Å². The molecule has 2 rings (SSSR count). The van der Waals surface area contributed by atoms with Crippen LogP contribution < -0.4 is 0 Å². The minimum atomic E-state index is -0.752. The average molecular weight is 298 g/mol. The van der Waals surface area contributed by atoms with Crippen molar-refractivity contribution >= 4 is 5.97 Å². The summed E-state index contributed by atoms with van der Waals surface area (Å²) in [6.07, 6.45) is 3.83. The third kappa shape index (κ3) is 3.26. The van der Waals surface area contributed by atoms with E-state index in [-0.39, 0.29) is 29.3 Å². The van der Waals surface area contributed by atoms with Crippen LogP contribution in [0.5, 0.6) is 0 Å². The van der Waals surface area contributed by atoms with Gasteiger partial charge in [-0.25, -0.2) is 0 Å². The van der Waals surface area contributed by atoms with Gasteiger partial charge in [-0.3, -0.25) is 4.79 Å². The SMILES string of the molecule is CC(=O)OC1CCC(C)(O)C2C(CC(C)(C)O)CCC12C. The molecule has 4 nitrogen and oxygen atoms in total. The Balaban J connectivity index is 2.28. The summed E-state index contributed by atoms with van der Waals surface area (Å²) in [6, 6.07) is 0. The zero-order chi connectivity index (χ0) is 16.1. The Hall–Kier alpha value is -0.610. The van der Waals surface area contributed by atoms with Gasteiger partial charge >= 0.3 is 5.97 Å². The second kappa shape index (κ2) is 5.24. The molecule has 2 saturated carbocycles. The van der Waals surface area contributed by atoms with Crippen LogP contribution in [0.25, 0.3) is 0 Å². The van der Waals surface area contributed by atoms with Crippen LogP contribution in [0.4, 0.5) is 0 Å². The normalized spacial score (nSPS) is 43.5. The number of fused-ring (bicyclic) bond motifs is 1. The fourth-order valence-electron chi connectivity index (χ4n) is 5.10. The molecule has 4 heteroatoms. The molecule has 21 heavy (non-hydrogen) atoms. The van der Waals surface area contributed by atoms with Crippen molar-refractivity contribution in [3.05, 3.63) is 0 Å². The van der Waals surface area contributed by atoms with Gasteiger partial charge in [-0.1, -0.05) is 6.92 Å². The number of carbonyl (C=O) groups is 1. The molecule has 0 heterocycles. The van der Waals surface area contributed by atoms with E-state index in [0.717, 1.165) is 19.3 Å². The first-order valence-electron chi connectivity index (χ1n) is 8.08. The molecule has 2 aliphatic carbocycles. The maximum Gasteiger partial charge on any atom is 0.302 e. The highest BCUT2D eigenvalue weighted by atomic mass is 16.5. The molecule has 0 radical (unpaired) electrons. The van der Waals surface area contributed by atoms with E-state index in [1.54, 1.807) is 0 Å². The predicted octanol–water partition coefficient (Wildman–Crippen LogP) is 2.66. The van der Waals surface area contributed by atoms with Crippen molar-refractivity contribution in [1.82, 2.24) is 0 Å². The average Bonchev–Trinajstić information content (AvgIpc) is 2.60. The standard InChI is InChI=1S/C17H30O4/c1-11(18)21-13-7-9-17(5,20)14-12(10-15(2,3)19)6-8-16(13,14)4/h12-14,19-20H,6-10H2,1-5H3. The molecule has 0 aliphatic heterocycles. The summed E-state index contributed by atoms with van der Waals surface area (Å²) in [5, 5.41) is 21.1. The van der Waals surface area contributed by atoms with Crippen molar-refractivity contribution in [1.29, 1.82) is 0 Å². The number of carbonyl (C=O) groups excluding carboxylic acids is 1. The number of hydrogen-bond donors (Lipinski definition) is 2. The quantitative estimate of drug-likeness (QED) is 0.786. The van der Waals surface area contributed by atoms with E-state index in [2.05, 4.69) is 6.92 Å². The minimum absolute atomic E-state index is 0.0644. The van der Waals surface area contributed by atoms with Gasteiger partial charge in [-0.05, 0) is 64.7 Å². The molecular weight excluding hydrogens is 268 g/mol. The number of rotatable bonds is 3. The molecule has 0 spiro atoms. The third-order valence-corrected chi connectivity index (χ3v) is 5.62. The molecule has 2 N–H and O–H groups in total. The summed E-state index contributed by atoms with van der Waals surface area (Å²) in [5.41, 5.74) is -1.68. The summed E-state index contributed by atoms with van der Waals surface area (Å²) >= 11 is 0. The number of hydrogen-bond acceptors (Lipinski definition) is 4. The van der Waals surface area contributed by atoms with Gasteiger partial charge in [-0.15, -0.1) is 0 Å². The predicted molar refractivity (Wildman–Crippen MR) is 80.6 cm³/mol. The van der Waals surface area contributed by atoms with Crippen LogP contribution in [0.2, 0.25) is 0 Å². The molecule has 0 saturated heterocycles. The molecule has 2 fully saturated rings. The van der Waals surface area contributed by atoms with Gasteiger partial charge in [0.05, 0.1) is 11.2 Å². The highest BCUT2D eigenvalue weighted by Crippen LogP contribution is 2.60. The Morgan fingerprint density at radius 2 is 1.90 bits per heavy atom. The smallest absolute Gasteiger partial charge is 0.302 e. The van der Waals surface area contributed by atoms with Crippen LogP contribution in [-0.4, -0.2) is 33.5 Å². The number of aliphatic hydroxyl groups is 2. The van der Waals surface area contributed by atoms with Crippen LogP contribution in [-0.2, 0) is 9.53 Å². The highest BCUT2D eigenvalue weighted by Gasteiger charge is 2.60. The lowest BCUT2D eigenvalue weighted by molar-refractivity contribution is -0.182. The summed E-state index contributed by atoms with van der Waals surface area (Å²) in [5.74, 6) is 0.0883. The number of ether oxygens (including phenoxy) is 1. The Bertz CT molecular complexity index is 410. The maximum atomic E-state index is 11.4. The lowest BCUT2D eigenvalue weighted by Crippen LogP contribution is -2.55. The van der Waals surface area contributed by atoms with E-state index in [1.165, 1.54) is 6.92 Å². The highest BCUT2D eigenvalue weighted by molar-refractivity contribution is 5.66. The Labute approximate surface area is 127 Å². The zero-order valence-corrected chi connectivity index (χ0v) is 14.0. The zero-order valence-electron chi connectivity index (χ0n) is 14.0. The van der Waals surface area contributed by atoms with Crippen molar-refractivity contribution in [3.63, 3.8) is 0 Å². The lowest BCUT2D eigenvalue weighted by Gasteiger charge is -2.52. The molecular formula is C17H30O4. The number of esters is 1. The van der Waals surface area contributed by atoms with Crippen LogP contribution >= 0.6 is 0 Å². The molecule has 0 aromatic rings. The molecule has 122 valence electrons. The fourth-order valence-corrected chi connectivity index (χ4v) is 5.10. The summed E-state index contributed by atoms with van der Waals surface area (Å²) < 4.78 is 5.57. The van der Waals surface area contributed by atoms with Gasteiger partial charge in [0, 0.05) is 12.3 Å². The monoisotopic (exact) mass is 298 g/mol. The lowest BCUT2D eigenvalue weighted by atomic mass is 9.58. The Kier molecular flexibility index (Phi) is 4.18. The molecule has 0 amide bonds. The third-order valence-electron chi connectivity index (χ3n) is 5.62. The van der Waals surface area contributed by atoms with Crippen LogP contribution in [0.1, 0.15) is 66.7 Å². The van der Waals surface area contributed by atoms with Crippen LogP contribution in [0.3, 0.4) is 0 Å². The molecule has 0 aromatic heterocycles. The van der Waals surface area contributed by atoms with E-state index in [0.29, 0.717) is 12.8 Å². The molecule has 5 atom stereocenters. The van der Waals surface area contributed by atoms with E-state index in [9.17, 15) is 15.0 Å². The second-order valence-electron chi connectivity index (χ2n) is 8.29. The van der Waals surface area contributed by atoms with Crippen molar-refractivity contribution in [2.24, 2.45) is 17.3 Å². The summed E-state index contributed by atoms with van der Waals surface area (Å²) in [4.78, 5) is 11.4. The first-order valence-corrected chi connectivity index (χ1v) is 8.08. The Morgan fingerprint density at radius 3 is 2.43 bits per heavy atom. The van der Waals surface area contributed by atoms with Crippen LogP contribution in [0, 0.1) is 17.3 Å². The fraction of sp³-hybridized carbons (Fsp3) is 0.941.